The predicted octanol–water partition coefficient (Wildman–Crippen LogP) is 3.70. The molecule has 0 aliphatic heterocycles. The third kappa shape index (κ3) is 10.9. The van der Waals surface area contributed by atoms with Gasteiger partial charge in [0.2, 0.25) is 5.91 Å². The van der Waals surface area contributed by atoms with Crippen molar-refractivity contribution >= 4 is 23.6 Å². The monoisotopic (exact) mass is 481 g/mol. The maximum atomic E-state index is 12.8. The van der Waals surface area contributed by atoms with Crippen LogP contribution in [0.25, 0.3) is 0 Å². The van der Waals surface area contributed by atoms with E-state index in [-0.39, 0.29) is 55.7 Å². The summed E-state index contributed by atoms with van der Waals surface area (Å²) < 4.78 is 5.08. The number of aromatic nitrogens is 1. The van der Waals surface area contributed by atoms with Gasteiger partial charge in [-0.1, -0.05) is 36.4 Å². The standard InChI is InChI=1S/C27H35N3O5/c1-27(2,3)35-26(34)29-18-23(31)13-14-25(33)30(4)19-24(32)17-21(20-10-6-5-7-11-20)16-22-12-8-9-15-28-22/h5-12,15,21H,13-14,16-19H2,1-4H3,(H,29,34)/t21-/m1/s1. The number of amides is 2. The second-order valence-electron chi connectivity index (χ2n) is 9.52. The first-order chi connectivity index (χ1) is 16.5. The van der Waals surface area contributed by atoms with Gasteiger partial charge >= 0.3 is 6.09 Å². The van der Waals surface area contributed by atoms with Crippen LogP contribution in [0.1, 0.15) is 57.2 Å². The van der Waals surface area contributed by atoms with Crippen LogP contribution in [0.3, 0.4) is 0 Å². The average Bonchev–Trinajstić information content (AvgIpc) is 2.80. The molecular formula is C27H35N3O5. The highest BCUT2D eigenvalue weighted by atomic mass is 16.6. The fourth-order valence-corrected chi connectivity index (χ4v) is 3.51. The quantitative estimate of drug-likeness (QED) is 0.496. The van der Waals surface area contributed by atoms with E-state index >= 15 is 0 Å². The minimum absolute atomic E-state index is 0.0283. The van der Waals surface area contributed by atoms with Gasteiger partial charge in [-0.15, -0.1) is 0 Å². The van der Waals surface area contributed by atoms with E-state index in [0.717, 1.165) is 11.3 Å². The van der Waals surface area contributed by atoms with Gasteiger partial charge in [0.1, 0.15) is 5.60 Å². The van der Waals surface area contributed by atoms with Crippen LogP contribution < -0.4 is 5.32 Å². The highest BCUT2D eigenvalue weighted by molar-refractivity contribution is 5.90. The van der Waals surface area contributed by atoms with Crippen molar-refractivity contribution in [2.24, 2.45) is 0 Å². The van der Waals surface area contributed by atoms with Gasteiger partial charge in [-0.05, 0) is 50.8 Å². The molecule has 1 N–H and O–H groups in total. The van der Waals surface area contributed by atoms with Crippen molar-refractivity contribution in [3.63, 3.8) is 0 Å². The number of likely N-dealkylation sites (N-methyl/N-ethyl adjacent to an activating group) is 1. The lowest BCUT2D eigenvalue weighted by Crippen LogP contribution is -2.36. The summed E-state index contributed by atoms with van der Waals surface area (Å²) in [6, 6.07) is 15.5. The molecule has 1 aromatic carbocycles. The number of Topliss-reactive ketones (excluding diaryl/α,β-unsaturated/α-hetero) is 2. The molecule has 188 valence electrons. The Hall–Kier alpha value is -3.55. The van der Waals surface area contributed by atoms with E-state index in [0.29, 0.717) is 6.42 Å². The third-order valence-corrected chi connectivity index (χ3v) is 5.21. The predicted molar refractivity (Wildman–Crippen MR) is 133 cm³/mol. The summed E-state index contributed by atoms with van der Waals surface area (Å²) in [6.07, 6.45) is 1.88. The lowest BCUT2D eigenvalue weighted by atomic mass is 9.89. The first-order valence-corrected chi connectivity index (χ1v) is 11.7. The van der Waals surface area contributed by atoms with Gasteiger partial charge in [-0.3, -0.25) is 19.4 Å². The number of ketones is 2. The van der Waals surface area contributed by atoms with Gasteiger partial charge in [-0.25, -0.2) is 4.79 Å². The average molecular weight is 482 g/mol. The number of nitrogens with zero attached hydrogens (tertiary/aromatic N) is 2. The van der Waals surface area contributed by atoms with E-state index in [1.54, 1.807) is 34.0 Å². The Bertz CT molecular complexity index is 987. The summed E-state index contributed by atoms with van der Waals surface area (Å²) in [5.41, 5.74) is 1.29. The van der Waals surface area contributed by atoms with Crippen molar-refractivity contribution in [2.75, 3.05) is 20.1 Å². The molecule has 2 amide bonds. The number of rotatable bonds is 12. The van der Waals surface area contributed by atoms with Crippen molar-refractivity contribution in [3.05, 3.63) is 66.0 Å². The molecule has 8 nitrogen and oxygen atoms in total. The number of nitrogens with one attached hydrogen (secondary N) is 1. The zero-order chi connectivity index (χ0) is 25.8. The Morgan fingerprint density at radius 1 is 0.971 bits per heavy atom. The van der Waals surface area contributed by atoms with Crippen molar-refractivity contribution < 1.29 is 23.9 Å². The van der Waals surface area contributed by atoms with Crippen LogP contribution in [-0.4, -0.2) is 59.2 Å². The first-order valence-electron chi connectivity index (χ1n) is 11.7. The molecule has 1 heterocycles. The molecule has 8 heteroatoms. The van der Waals surface area contributed by atoms with Crippen molar-refractivity contribution in [2.45, 2.75) is 58.0 Å². The van der Waals surface area contributed by atoms with E-state index < -0.39 is 11.7 Å². The van der Waals surface area contributed by atoms with Crippen LogP contribution in [0, 0.1) is 0 Å². The number of benzene rings is 1. The second kappa shape index (κ2) is 13.4. The topological polar surface area (TPSA) is 106 Å². The van der Waals surface area contributed by atoms with Gasteiger partial charge in [-0.2, -0.15) is 0 Å². The van der Waals surface area contributed by atoms with Crippen LogP contribution in [-0.2, 0) is 25.5 Å². The van der Waals surface area contributed by atoms with Gasteiger partial charge in [0.05, 0.1) is 13.1 Å². The van der Waals surface area contributed by atoms with Gasteiger partial charge in [0.15, 0.2) is 11.6 Å². The Labute approximate surface area is 207 Å². The molecule has 35 heavy (non-hydrogen) atoms. The molecule has 0 spiro atoms. The van der Waals surface area contributed by atoms with Gasteiger partial charge < -0.3 is 15.0 Å². The van der Waals surface area contributed by atoms with Gasteiger partial charge in [0, 0.05) is 38.2 Å². The van der Waals surface area contributed by atoms with E-state index in [1.807, 2.05) is 48.5 Å². The van der Waals surface area contributed by atoms with E-state index in [1.165, 1.54) is 4.90 Å². The molecule has 1 aromatic heterocycles. The highest BCUT2D eigenvalue weighted by Crippen LogP contribution is 2.24. The van der Waals surface area contributed by atoms with Crippen molar-refractivity contribution in [3.8, 4) is 0 Å². The summed E-state index contributed by atoms with van der Waals surface area (Å²) >= 11 is 0. The minimum atomic E-state index is -0.682. The van der Waals surface area contributed by atoms with Crippen LogP contribution >= 0.6 is 0 Å². The molecule has 0 bridgehead atoms. The van der Waals surface area contributed by atoms with E-state index in [4.69, 9.17) is 4.74 Å². The molecule has 1 atom stereocenters. The number of alkyl carbamates (subject to hydrolysis) is 1. The van der Waals surface area contributed by atoms with Crippen LogP contribution in [0.5, 0.6) is 0 Å². The molecule has 0 saturated carbocycles. The zero-order valence-electron chi connectivity index (χ0n) is 21.0. The fraction of sp³-hybridized carbons (Fsp3) is 0.444. The summed E-state index contributed by atoms with van der Waals surface area (Å²) in [5, 5.41) is 2.39. The summed E-state index contributed by atoms with van der Waals surface area (Å²) in [6.45, 7) is 4.94. The second-order valence-corrected chi connectivity index (χ2v) is 9.52. The number of carbonyl (C=O) groups is 4. The number of pyridine rings is 1. The zero-order valence-corrected chi connectivity index (χ0v) is 21.0. The smallest absolute Gasteiger partial charge is 0.408 e. The summed E-state index contributed by atoms with van der Waals surface area (Å²) in [4.78, 5) is 54.7. The maximum Gasteiger partial charge on any atom is 0.408 e. The number of carbonyl (C=O) groups excluding carboxylic acids is 4. The Balaban J connectivity index is 1.83. The van der Waals surface area contributed by atoms with Crippen molar-refractivity contribution in [1.82, 2.24) is 15.2 Å². The molecule has 0 aliphatic rings. The molecule has 0 unspecified atom stereocenters. The molecule has 0 aliphatic carbocycles. The maximum absolute atomic E-state index is 12.8. The Morgan fingerprint density at radius 3 is 2.29 bits per heavy atom. The minimum Gasteiger partial charge on any atom is -0.444 e. The van der Waals surface area contributed by atoms with E-state index in [2.05, 4.69) is 10.3 Å². The normalized spacial score (nSPS) is 11.9. The Kier molecular flexibility index (Phi) is 10.6. The van der Waals surface area contributed by atoms with E-state index in [9.17, 15) is 19.2 Å². The summed E-state index contributed by atoms with van der Waals surface area (Å²) in [5.74, 6) is -0.709. The van der Waals surface area contributed by atoms with Crippen molar-refractivity contribution in [1.29, 1.82) is 0 Å². The molecule has 0 radical (unpaired) electrons. The highest BCUT2D eigenvalue weighted by Gasteiger charge is 2.21. The largest absolute Gasteiger partial charge is 0.444 e. The molecule has 2 aromatic rings. The number of hydrogen-bond donors (Lipinski definition) is 1. The van der Waals surface area contributed by atoms with Gasteiger partial charge in [0.25, 0.3) is 0 Å². The number of hydrogen-bond acceptors (Lipinski definition) is 6. The SMILES string of the molecule is CN(CC(=O)C[C@@H](Cc1ccccn1)c1ccccc1)C(=O)CCC(=O)CNC(=O)OC(C)(C)C. The fourth-order valence-electron chi connectivity index (χ4n) is 3.51. The lowest BCUT2D eigenvalue weighted by Gasteiger charge is -2.20. The van der Waals surface area contributed by atoms with Crippen LogP contribution in [0.4, 0.5) is 4.79 Å². The molecular weight excluding hydrogens is 446 g/mol. The summed E-state index contributed by atoms with van der Waals surface area (Å²) in [7, 11) is 1.56. The molecule has 0 saturated heterocycles. The molecule has 0 fully saturated rings. The third-order valence-electron chi connectivity index (χ3n) is 5.21. The van der Waals surface area contributed by atoms with Crippen LogP contribution in [0.2, 0.25) is 0 Å². The lowest BCUT2D eigenvalue weighted by molar-refractivity contribution is -0.135. The Morgan fingerprint density at radius 2 is 1.66 bits per heavy atom. The van der Waals surface area contributed by atoms with Crippen LogP contribution in [0.15, 0.2) is 54.7 Å². The number of ether oxygens (including phenoxy) is 1. The molecule has 2 rings (SSSR count). The first kappa shape index (κ1) is 27.7.